The van der Waals surface area contributed by atoms with E-state index in [9.17, 15) is 4.79 Å². The maximum Gasteiger partial charge on any atom is 0.412 e. The molecule has 0 aliphatic carbocycles. The van der Waals surface area contributed by atoms with Crippen molar-refractivity contribution in [1.29, 1.82) is 0 Å². The maximum atomic E-state index is 11.0. The third kappa shape index (κ3) is 3.95. The average Bonchev–Trinajstić information content (AvgIpc) is 2.47. The highest BCUT2D eigenvalue weighted by atomic mass is 16.5. The number of nitrogens with zero attached hydrogens (tertiary/aromatic N) is 2. The SMILES string of the molecule is COC(=O)Nc1ccc(NCc2ccccn2)cn1. The summed E-state index contributed by atoms with van der Waals surface area (Å²) < 4.78 is 4.48. The molecule has 98 valence electrons. The van der Waals surface area contributed by atoms with Crippen LogP contribution in [0.25, 0.3) is 0 Å². The molecule has 1 amide bonds. The Hall–Kier alpha value is -2.63. The molecule has 2 heterocycles. The van der Waals surface area contributed by atoms with E-state index in [0.717, 1.165) is 11.4 Å². The van der Waals surface area contributed by atoms with E-state index in [1.165, 1.54) is 7.11 Å². The van der Waals surface area contributed by atoms with Crippen molar-refractivity contribution in [3.05, 3.63) is 48.4 Å². The Morgan fingerprint density at radius 1 is 1.26 bits per heavy atom. The van der Waals surface area contributed by atoms with Crippen LogP contribution in [0.15, 0.2) is 42.7 Å². The number of hydrogen-bond acceptors (Lipinski definition) is 5. The molecular formula is C13H14N4O2. The van der Waals surface area contributed by atoms with Crippen LogP contribution in [0.5, 0.6) is 0 Å². The second-order valence-corrected chi connectivity index (χ2v) is 3.72. The minimum absolute atomic E-state index is 0.440. The lowest BCUT2D eigenvalue weighted by Gasteiger charge is -2.07. The van der Waals surface area contributed by atoms with Gasteiger partial charge in [0, 0.05) is 6.20 Å². The quantitative estimate of drug-likeness (QED) is 0.879. The van der Waals surface area contributed by atoms with Crippen LogP contribution in [0.2, 0.25) is 0 Å². The fraction of sp³-hybridized carbons (Fsp3) is 0.154. The second-order valence-electron chi connectivity index (χ2n) is 3.72. The van der Waals surface area contributed by atoms with Gasteiger partial charge in [0.1, 0.15) is 5.82 Å². The third-order valence-corrected chi connectivity index (χ3v) is 2.38. The molecule has 2 N–H and O–H groups in total. The fourth-order valence-electron chi connectivity index (χ4n) is 1.42. The summed E-state index contributed by atoms with van der Waals surface area (Å²) in [5.41, 5.74) is 1.79. The van der Waals surface area contributed by atoms with Crippen LogP contribution >= 0.6 is 0 Å². The molecule has 6 nitrogen and oxygen atoms in total. The first kappa shape index (κ1) is 12.8. The first-order chi connectivity index (χ1) is 9.28. The molecule has 0 unspecified atom stereocenters. The van der Waals surface area contributed by atoms with E-state index in [4.69, 9.17) is 0 Å². The van der Waals surface area contributed by atoms with E-state index < -0.39 is 6.09 Å². The molecule has 0 aliphatic heterocycles. The minimum atomic E-state index is -0.540. The number of ether oxygens (including phenoxy) is 1. The molecule has 19 heavy (non-hydrogen) atoms. The van der Waals surface area contributed by atoms with Gasteiger partial charge >= 0.3 is 6.09 Å². The number of aromatic nitrogens is 2. The lowest BCUT2D eigenvalue weighted by atomic mass is 10.3. The van der Waals surface area contributed by atoms with Gasteiger partial charge in [0.15, 0.2) is 0 Å². The van der Waals surface area contributed by atoms with Gasteiger partial charge in [-0.3, -0.25) is 10.3 Å². The standard InChI is InChI=1S/C13H14N4O2/c1-19-13(18)17-12-6-5-11(9-16-12)15-8-10-4-2-3-7-14-10/h2-7,9,15H,8H2,1H3,(H,16,17,18). The summed E-state index contributed by atoms with van der Waals surface area (Å²) in [6.45, 7) is 0.617. The van der Waals surface area contributed by atoms with Gasteiger partial charge in [-0.2, -0.15) is 0 Å². The van der Waals surface area contributed by atoms with Crippen molar-refractivity contribution >= 4 is 17.6 Å². The van der Waals surface area contributed by atoms with Gasteiger partial charge in [0.25, 0.3) is 0 Å². The Morgan fingerprint density at radius 3 is 2.79 bits per heavy atom. The number of carbonyl (C=O) groups excluding carboxylic acids is 1. The van der Waals surface area contributed by atoms with Crippen molar-refractivity contribution in [2.45, 2.75) is 6.54 Å². The Bertz CT molecular complexity index is 528. The van der Waals surface area contributed by atoms with Gasteiger partial charge in [0.2, 0.25) is 0 Å². The molecule has 2 rings (SSSR count). The van der Waals surface area contributed by atoms with E-state index in [2.05, 4.69) is 25.3 Å². The zero-order chi connectivity index (χ0) is 13.5. The number of carbonyl (C=O) groups is 1. The van der Waals surface area contributed by atoms with Crippen LogP contribution in [-0.4, -0.2) is 23.2 Å². The van der Waals surface area contributed by atoms with Crippen molar-refractivity contribution in [2.24, 2.45) is 0 Å². The summed E-state index contributed by atoms with van der Waals surface area (Å²) in [5.74, 6) is 0.440. The zero-order valence-electron chi connectivity index (χ0n) is 10.5. The van der Waals surface area contributed by atoms with Gasteiger partial charge < -0.3 is 10.1 Å². The topological polar surface area (TPSA) is 76.1 Å². The highest BCUT2D eigenvalue weighted by Crippen LogP contribution is 2.10. The number of anilines is 2. The van der Waals surface area contributed by atoms with Crippen LogP contribution < -0.4 is 10.6 Å². The average molecular weight is 258 g/mol. The molecule has 0 saturated carbocycles. The minimum Gasteiger partial charge on any atom is -0.453 e. The monoisotopic (exact) mass is 258 g/mol. The van der Waals surface area contributed by atoms with E-state index >= 15 is 0 Å². The van der Waals surface area contributed by atoms with Crippen LogP contribution in [-0.2, 0) is 11.3 Å². The second kappa shape index (κ2) is 6.34. The lowest BCUT2D eigenvalue weighted by molar-refractivity contribution is 0.187. The molecule has 0 atom stereocenters. The van der Waals surface area contributed by atoms with Crippen molar-refractivity contribution in [1.82, 2.24) is 9.97 Å². The molecule has 0 spiro atoms. The predicted molar refractivity (Wildman–Crippen MR) is 71.8 cm³/mol. The molecule has 0 radical (unpaired) electrons. The maximum absolute atomic E-state index is 11.0. The van der Waals surface area contributed by atoms with Gasteiger partial charge in [0.05, 0.1) is 31.2 Å². The van der Waals surface area contributed by atoms with Crippen LogP contribution in [0, 0.1) is 0 Å². The lowest BCUT2D eigenvalue weighted by Crippen LogP contribution is -2.12. The van der Waals surface area contributed by atoms with Crippen molar-refractivity contribution in [3.63, 3.8) is 0 Å². The van der Waals surface area contributed by atoms with E-state index in [0.29, 0.717) is 12.4 Å². The summed E-state index contributed by atoms with van der Waals surface area (Å²) in [6, 6.07) is 9.26. The Morgan fingerprint density at radius 2 is 2.16 bits per heavy atom. The van der Waals surface area contributed by atoms with E-state index in [1.807, 2.05) is 24.3 Å². The summed E-state index contributed by atoms with van der Waals surface area (Å²) in [4.78, 5) is 19.3. The van der Waals surface area contributed by atoms with Crippen molar-refractivity contribution < 1.29 is 9.53 Å². The number of rotatable bonds is 4. The van der Waals surface area contributed by atoms with Gasteiger partial charge in [-0.05, 0) is 24.3 Å². The zero-order valence-corrected chi connectivity index (χ0v) is 10.5. The predicted octanol–water partition coefficient (Wildman–Crippen LogP) is 2.27. The van der Waals surface area contributed by atoms with Crippen LogP contribution in [0.1, 0.15) is 5.69 Å². The molecule has 0 bridgehead atoms. The third-order valence-electron chi connectivity index (χ3n) is 2.38. The molecule has 0 saturated heterocycles. The Kier molecular flexibility index (Phi) is 4.28. The number of pyridine rings is 2. The highest BCUT2D eigenvalue weighted by molar-refractivity contribution is 5.83. The van der Waals surface area contributed by atoms with Crippen molar-refractivity contribution in [3.8, 4) is 0 Å². The normalized spacial score (nSPS) is 9.74. The highest BCUT2D eigenvalue weighted by Gasteiger charge is 2.01. The summed E-state index contributed by atoms with van der Waals surface area (Å²) in [5, 5.41) is 5.67. The number of amides is 1. The first-order valence-corrected chi connectivity index (χ1v) is 5.73. The molecular weight excluding hydrogens is 244 g/mol. The molecule has 0 fully saturated rings. The van der Waals surface area contributed by atoms with Gasteiger partial charge in [-0.25, -0.2) is 9.78 Å². The van der Waals surface area contributed by atoms with Crippen molar-refractivity contribution in [2.75, 3.05) is 17.7 Å². The van der Waals surface area contributed by atoms with Crippen LogP contribution in [0.3, 0.4) is 0 Å². The number of methoxy groups -OCH3 is 1. The summed E-state index contributed by atoms with van der Waals surface area (Å²) >= 11 is 0. The van der Waals surface area contributed by atoms with Crippen LogP contribution in [0.4, 0.5) is 16.3 Å². The number of nitrogens with one attached hydrogen (secondary N) is 2. The first-order valence-electron chi connectivity index (χ1n) is 5.73. The Labute approximate surface area is 110 Å². The van der Waals surface area contributed by atoms with E-state index in [1.54, 1.807) is 18.5 Å². The largest absolute Gasteiger partial charge is 0.453 e. The number of hydrogen-bond donors (Lipinski definition) is 2. The fourth-order valence-corrected chi connectivity index (χ4v) is 1.42. The summed E-state index contributed by atoms with van der Waals surface area (Å²) in [7, 11) is 1.30. The molecule has 0 aliphatic rings. The van der Waals surface area contributed by atoms with E-state index in [-0.39, 0.29) is 0 Å². The molecule has 6 heteroatoms. The molecule has 2 aromatic rings. The van der Waals surface area contributed by atoms with Gasteiger partial charge in [-0.15, -0.1) is 0 Å². The molecule has 0 aromatic carbocycles. The Balaban J connectivity index is 1.90. The smallest absolute Gasteiger partial charge is 0.412 e. The van der Waals surface area contributed by atoms with Gasteiger partial charge in [-0.1, -0.05) is 6.07 Å². The summed E-state index contributed by atoms with van der Waals surface area (Å²) in [6.07, 6.45) is 2.84. The molecule has 2 aromatic heterocycles.